The summed E-state index contributed by atoms with van der Waals surface area (Å²) in [6.45, 7) is 0. The lowest BCUT2D eigenvalue weighted by molar-refractivity contribution is 0.690. The molecule has 0 radical (unpaired) electrons. The summed E-state index contributed by atoms with van der Waals surface area (Å²) in [5, 5.41) is 3.97. The Balaban J connectivity index is 2.15. The third-order valence-electron chi connectivity index (χ3n) is 4.10. The standard InChI is InChI=1S/C17H15N/c1-2-6-14-12(4-1)7-10-16-15(14)9-8-13-5-3-11-18-17(13)16/h3,5,7-11H,1-2,4,6H2. The Morgan fingerprint density at radius 3 is 2.72 bits per heavy atom. The third kappa shape index (κ3) is 1.37. The van der Waals surface area contributed by atoms with E-state index in [1.54, 1.807) is 11.1 Å². The van der Waals surface area contributed by atoms with Crippen LogP contribution in [-0.4, -0.2) is 4.98 Å². The molecule has 0 spiro atoms. The van der Waals surface area contributed by atoms with Crippen LogP contribution in [0.2, 0.25) is 0 Å². The molecule has 88 valence electrons. The average molecular weight is 233 g/mol. The maximum Gasteiger partial charge on any atom is 0.0780 e. The highest BCUT2D eigenvalue weighted by Crippen LogP contribution is 2.32. The van der Waals surface area contributed by atoms with E-state index in [9.17, 15) is 0 Å². The molecule has 1 heteroatoms. The van der Waals surface area contributed by atoms with Crippen LogP contribution in [0.5, 0.6) is 0 Å². The molecule has 0 aliphatic heterocycles. The minimum absolute atomic E-state index is 1.14. The quantitative estimate of drug-likeness (QED) is 0.528. The molecule has 0 atom stereocenters. The SMILES string of the molecule is c1cnc2c(c1)ccc1c3c(ccc12)CCCC3. The van der Waals surface area contributed by atoms with Gasteiger partial charge < -0.3 is 0 Å². The van der Waals surface area contributed by atoms with Gasteiger partial charge in [-0.1, -0.05) is 30.3 Å². The Morgan fingerprint density at radius 2 is 1.72 bits per heavy atom. The molecule has 1 heterocycles. The van der Waals surface area contributed by atoms with Crippen LogP contribution < -0.4 is 0 Å². The van der Waals surface area contributed by atoms with Crippen molar-refractivity contribution in [2.45, 2.75) is 25.7 Å². The van der Waals surface area contributed by atoms with Gasteiger partial charge in [0.1, 0.15) is 0 Å². The van der Waals surface area contributed by atoms with Gasteiger partial charge in [0, 0.05) is 17.0 Å². The van der Waals surface area contributed by atoms with Crippen LogP contribution in [-0.2, 0) is 12.8 Å². The minimum atomic E-state index is 1.14. The van der Waals surface area contributed by atoms with Crippen molar-refractivity contribution in [2.24, 2.45) is 0 Å². The van der Waals surface area contributed by atoms with Gasteiger partial charge in [-0.2, -0.15) is 0 Å². The molecule has 3 aromatic rings. The van der Waals surface area contributed by atoms with Gasteiger partial charge in [-0.25, -0.2) is 0 Å². The first-order valence-corrected chi connectivity index (χ1v) is 6.72. The van der Waals surface area contributed by atoms with Crippen molar-refractivity contribution >= 4 is 21.7 Å². The summed E-state index contributed by atoms with van der Waals surface area (Å²) in [5.41, 5.74) is 4.25. The van der Waals surface area contributed by atoms with Crippen LogP contribution in [0.1, 0.15) is 24.0 Å². The van der Waals surface area contributed by atoms with Crippen LogP contribution in [0.4, 0.5) is 0 Å². The van der Waals surface area contributed by atoms with E-state index in [-0.39, 0.29) is 0 Å². The number of hydrogen-bond donors (Lipinski definition) is 0. The van der Waals surface area contributed by atoms with E-state index in [2.05, 4.69) is 35.3 Å². The highest BCUT2D eigenvalue weighted by molar-refractivity contribution is 6.06. The number of aromatic nitrogens is 1. The summed E-state index contributed by atoms with van der Waals surface area (Å²) in [4.78, 5) is 4.56. The van der Waals surface area contributed by atoms with E-state index >= 15 is 0 Å². The highest BCUT2D eigenvalue weighted by Gasteiger charge is 2.13. The van der Waals surface area contributed by atoms with Crippen molar-refractivity contribution < 1.29 is 0 Å². The molecule has 0 unspecified atom stereocenters. The van der Waals surface area contributed by atoms with Crippen molar-refractivity contribution in [2.75, 3.05) is 0 Å². The molecule has 0 saturated heterocycles. The van der Waals surface area contributed by atoms with Gasteiger partial charge in [-0.05, 0) is 48.3 Å². The van der Waals surface area contributed by atoms with Gasteiger partial charge >= 0.3 is 0 Å². The fourth-order valence-electron chi connectivity index (χ4n) is 3.20. The normalized spacial score (nSPS) is 14.9. The molecule has 1 aliphatic carbocycles. The van der Waals surface area contributed by atoms with E-state index in [0.717, 1.165) is 5.52 Å². The molecule has 0 saturated carbocycles. The number of nitrogens with zero attached hydrogens (tertiary/aromatic N) is 1. The fourth-order valence-corrected chi connectivity index (χ4v) is 3.20. The fraction of sp³-hybridized carbons (Fsp3) is 0.235. The highest BCUT2D eigenvalue weighted by atomic mass is 14.6. The second-order valence-electron chi connectivity index (χ2n) is 5.15. The Kier molecular flexibility index (Phi) is 2.13. The molecular formula is C17H15N. The zero-order valence-electron chi connectivity index (χ0n) is 10.3. The van der Waals surface area contributed by atoms with Gasteiger partial charge in [-0.3, -0.25) is 4.98 Å². The summed E-state index contributed by atoms with van der Waals surface area (Å²) in [6.07, 6.45) is 7.02. The predicted molar refractivity (Wildman–Crippen MR) is 75.9 cm³/mol. The van der Waals surface area contributed by atoms with Crippen LogP contribution in [0.3, 0.4) is 0 Å². The van der Waals surface area contributed by atoms with Crippen LogP contribution in [0.15, 0.2) is 42.6 Å². The molecule has 2 aromatic carbocycles. The summed E-state index contributed by atoms with van der Waals surface area (Å²) >= 11 is 0. The third-order valence-corrected chi connectivity index (χ3v) is 4.10. The van der Waals surface area contributed by atoms with Crippen molar-refractivity contribution in [1.29, 1.82) is 0 Å². The van der Waals surface area contributed by atoms with Gasteiger partial charge in [0.05, 0.1) is 5.52 Å². The molecular weight excluding hydrogens is 218 g/mol. The minimum Gasteiger partial charge on any atom is -0.256 e. The lowest BCUT2D eigenvalue weighted by Crippen LogP contribution is -2.03. The lowest BCUT2D eigenvalue weighted by atomic mass is 9.87. The Hall–Kier alpha value is -1.89. The van der Waals surface area contributed by atoms with E-state index in [1.807, 2.05) is 12.3 Å². The lowest BCUT2D eigenvalue weighted by Gasteiger charge is -2.18. The van der Waals surface area contributed by atoms with Crippen molar-refractivity contribution in [3.8, 4) is 0 Å². The number of fused-ring (bicyclic) bond motifs is 5. The molecule has 18 heavy (non-hydrogen) atoms. The molecule has 0 N–H and O–H groups in total. The van der Waals surface area contributed by atoms with Crippen LogP contribution in [0, 0.1) is 0 Å². The van der Waals surface area contributed by atoms with E-state index < -0.39 is 0 Å². The number of rotatable bonds is 0. The largest absolute Gasteiger partial charge is 0.256 e. The number of pyridine rings is 1. The van der Waals surface area contributed by atoms with Crippen molar-refractivity contribution in [3.05, 3.63) is 53.7 Å². The zero-order chi connectivity index (χ0) is 11.9. The molecule has 1 nitrogen and oxygen atoms in total. The average Bonchev–Trinajstić information content (AvgIpc) is 2.46. The van der Waals surface area contributed by atoms with E-state index in [1.165, 1.54) is 41.8 Å². The Labute approximate surface area is 106 Å². The van der Waals surface area contributed by atoms with E-state index in [4.69, 9.17) is 0 Å². The Morgan fingerprint density at radius 1 is 0.833 bits per heavy atom. The second-order valence-corrected chi connectivity index (χ2v) is 5.15. The molecule has 0 fully saturated rings. The Bertz CT molecular complexity index is 743. The van der Waals surface area contributed by atoms with Gasteiger partial charge in [0.25, 0.3) is 0 Å². The number of benzene rings is 2. The number of aryl methyl sites for hydroxylation is 2. The summed E-state index contributed by atoms with van der Waals surface area (Å²) in [7, 11) is 0. The van der Waals surface area contributed by atoms with Crippen LogP contribution >= 0.6 is 0 Å². The molecule has 1 aliphatic rings. The first-order valence-electron chi connectivity index (χ1n) is 6.72. The predicted octanol–water partition coefficient (Wildman–Crippen LogP) is 4.27. The monoisotopic (exact) mass is 233 g/mol. The van der Waals surface area contributed by atoms with Crippen LogP contribution in [0.25, 0.3) is 21.7 Å². The summed E-state index contributed by atoms with van der Waals surface area (Å²) in [5.74, 6) is 0. The van der Waals surface area contributed by atoms with Gasteiger partial charge in [0.2, 0.25) is 0 Å². The summed E-state index contributed by atoms with van der Waals surface area (Å²) in [6, 6.07) is 13.2. The maximum absolute atomic E-state index is 4.56. The van der Waals surface area contributed by atoms with Gasteiger partial charge in [-0.15, -0.1) is 0 Å². The number of hydrogen-bond acceptors (Lipinski definition) is 1. The molecule has 0 bridgehead atoms. The molecule has 4 rings (SSSR count). The van der Waals surface area contributed by atoms with E-state index in [0.29, 0.717) is 0 Å². The van der Waals surface area contributed by atoms with Crippen molar-refractivity contribution in [1.82, 2.24) is 4.98 Å². The second kappa shape index (κ2) is 3.81. The maximum atomic E-state index is 4.56. The van der Waals surface area contributed by atoms with Crippen molar-refractivity contribution in [3.63, 3.8) is 0 Å². The first-order chi connectivity index (χ1) is 8.93. The van der Waals surface area contributed by atoms with Gasteiger partial charge in [0.15, 0.2) is 0 Å². The zero-order valence-corrected chi connectivity index (χ0v) is 10.3. The molecule has 0 amide bonds. The topological polar surface area (TPSA) is 12.9 Å². The smallest absolute Gasteiger partial charge is 0.0780 e. The molecule has 1 aromatic heterocycles. The summed E-state index contributed by atoms with van der Waals surface area (Å²) < 4.78 is 0. The first kappa shape index (κ1) is 10.1.